The third-order valence-corrected chi connectivity index (χ3v) is 1.50. The number of carbonyl (C=O) groups is 2. The van der Waals surface area contributed by atoms with Crippen molar-refractivity contribution >= 4 is 11.9 Å². The Morgan fingerprint density at radius 3 is 2.40 bits per heavy atom. The minimum atomic E-state index is -0.376. The van der Waals surface area contributed by atoms with Crippen LogP contribution in [-0.2, 0) is 19.1 Å². The summed E-state index contributed by atoms with van der Waals surface area (Å²) in [4.78, 5) is 21.7. The lowest BCUT2D eigenvalue weighted by atomic mass is 10.2. The molecule has 0 saturated carbocycles. The van der Waals surface area contributed by atoms with Crippen molar-refractivity contribution in [3.05, 3.63) is 23.8 Å². The molecule has 15 heavy (non-hydrogen) atoms. The van der Waals surface area contributed by atoms with Crippen LogP contribution in [0.3, 0.4) is 0 Å². The van der Waals surface area contributed by atoms with Gasteiger partial charge in [0.2, 0.25) is 0 Å². The number of allylic oxidation sites excluding steroid dienone is 1. The molecular formula is C11H16O4. The van der Waals surface area contributed by atoms with Crippen molar-refractivity contribution in [3.8, 4) is 0 Å². The first kappa shape index (κ1) is 13.4. The normalized spacial score (nSPS) is 11.5. The average Bonchev–Trinajstić information content (AvgIpc) is 2.17. The lowest BCUT2D eigenvalue weighted by molar-refractivity contribution is -0.139. The highest BCUT2D eigenvalue weighted by atomic mass is 16.5. The summed E-state index contributed by atoms with van der Waals surface area (Å²) in [5.74, 6) is -0.725. The van der Waals surface area contributed by atoms with Crippen LogP contribution in [0.15, 0.2) is 23.8 Å². The highest BCUT2D eigenvalue weighted by molar-refractivity contribution is 5.91. The summed E-state index contributed by atoms with van der Waals surface area (Å²) in [6.07, 6.45) is 4.80. The van der Waals surface area contributed by atoms with Gasteiger partial charge in [0.05, 0.1) is 12.2 Å². The summed E-state index contributed by atoms with van der Waals surface area (Å²) >= 11 is 0. The molecule has 0 aromatic carbocycles. The van der Waals surface area contributed by atoms with Gasteiger partial charge in [0.1, 0.15) is 6.61 Å². The number of hydrogen-bond acceptors (Lipinski definition) is 4. The molecule has 0 aliphatic carbocycles. The average molecular weight is 212 g/mol. The van der Waals surface area contributed by atoms with E-state index in [1.54, 1.807) is 32.1 Å². The van der Waals surface area contributed by atoms with Crippen LogP contribution in [0.25, 0.3) is 0 Å². The van der Waals surface area contributed by atoms with E-state index >= 15 is 0 Å². The Bertz CT molecular complexity index is 276. The molecule has 0 saturated heterocycles. The number of carbonyl (C=O) groups excluding carboxylic acids is 2. The van der Waals surface area contributed by atoms with Gasteiger partial charge in [-0.25, -0.2) is 4.79 Å². The van der Waals surface area contributed by atoms with Crippen molar-refractivity contribution in [2.75, 3.05) is 13.2 Å². The number of esters is 2. The summed E-state index contributed by atoms with van der Waals surface area (Å²) in [6.45, 7) is 5.31. The Labute approximate surface area is 89.6 Å². The van der Waals surface area contributed by atoms with Gasteiger partial charge in [-0.2, -0.15) is 0 Å². The van der Waals surface area contributed by atoms with Crippen molar-refractivity contribution < 1.29 is 19.1 Å². The van der Waals surface area contributed by atoms with Crippen LogP contribution in [0.5, 0.6) is 0 Å². The second-order valence-corrected chi connectivity index (χ2v) is 2.67. The number of rotatable bonds is 5. The van der Waals surface area contributed by atoms with E-state index in [2.05, 4.69) is 4.74 Å². The summed E-state index contributed by atoms with van der Waals surface area (Å²) in [6, 6.07) is 0. The Balaban J connectivity index is 4.11. The number of hydrogen-bond donors (Lipinski definition) is 0. The third-order valence-electron chi connectivity index (χ3n) is 1.50. The van der Waals surface area contributed by atoms with E-state index in [1.165, 1.54) is 6.92 Å². The van der Waals surface area contributed by atoms with Crippen molar-refractivity contribution in [1.82, 2.24) is 0 Å². The Morgan fingerprint density at radius 2 is 1.93 bits per heavy atom. The first-order valence-corrected chi connectivity index (χ1v) is 4.75. The monoisotopic (exact) mass is 212 g/mol. The van der Waals surface area contributed by atoms with Crippen LogP contribution in [0.4, 0.5) is 0 Å². The molecule has 0 fully saturated rings. The lowest BCUT2D eigenvalue weighted by Crippen LogP contribution is -2.06. The topological polar surface area (TPSA) is 52.6 Å². The molecule has 0 aliphatic heterocycles. The molecule has 0 aromatic rings. The SMILES string of the molecule is C/C=C(/C=C\COC(C)=O)C(=O)OCC. The van der Waals surface area contributed by atoms with Crippen LogP contribution in [-0.4, -0.2) is 25.2 Å². The summed E-state index contributed by atoms with van der Waals surface area (Å²) in [5, 5.41) is 0. The van der Waals surface area contributed by atoms with Crippen molar-refractivity contribution in [1.29, 1.82) is 0 Å². The Hall–Kier alpha value is -1.58. The predicted molar refractivity (Wildman–Crippen MR) is 56.2 cm³/mol. The van der Waals surface area contributed by atoms with Crippen molar-refractivity contribution in [3.63, 3.8) is 0 Å². The van der Waals surface area contributed by atoms with Crippen LogP contribution >= 0.6 is 0 Å². The zero-order valence-corrected chi connectivity index (χ0v) is 9.28. The fraction of sp³-hybridized carbons (Fsp3) is 0.455. The summed E-state index contributed by atoms with van der Waals surface area (Å²) in [7, 11) is 0. The maximum Gasteiger partial charge on any atom is 0.337 e. The van der Waals surface area contributed by atoms with Gasteiger partial charge >= 0.3 is 11.9 Å². The maximum absolute atomic E-state index is 11.3. The minimum Gasteiger partial charge on any atom is -0.462 e. The van der Waals surface area contributed by atoms with Crippen LogP contribution in [0.1, 0.15) is 20.8 Å². The molecule has 0 amide bonds. The van der Waals surface area contributed by atoms with Crippen LogP contribution in [0, 0.1) is 0 Å². The smallest absolute Gasteiger partial charge is 0.337 e. The molecule has 0 rings (SSSR count). The second-order valence-electron chi connectivity index (χ2n) is 2.67. The zero-order valence-electron chi connectivity index (χ0n) is 9.28. The summed E-state index contributed by atoms with van der Waals surface area (Å²) in [5.41, 5.74) is 0.448. The summed E-state index contributed by atoms with van der Waals surface area (Å²) < 4.78 is 9.48. The van der Waals surface area contributed by atoms with E-state index in [-0.39, 0.29) is 18.5 Å². The molecule has 0 radical (unpaired) electrons. The third kappa shape index (κ3) is 6.49. The molecule has 0 N–H and O–H groups in total. The Morgan fingerprint density at radius 1 is 1.27 bits per heavy atom. The van der Waals surface area contributed by atoms with E-state index in [4.69, 9.17) is 4.74 Å². The van der Waals surface area contributed by atoms with Gasteiger partial charge < -0.3 is 9.47 Å². The number of ether oxygens (including phenoxy) is 2. The molecule has 84 valence electrons. The molecule has 0 unspecified atom stereocenters. The van der Waals surface area contributed by atoms with E-state index in [0.717, 1.165) is 0 Å². The molecule has 0 aliphatic rings. The highest BCUT2D eigenvalue weighted by Gasteiger charge is 2.04. The molecule has 0 bridgehead atoms. The van der Waals surface area contributed by atoms with Crippen LogP contribution < -0.4 is 0 Å². The molecule has 4 nitrogen and oxygen atoms in total. The minimum absolute atomic E-state index is 0.159. The molecule has 0 spiro atoms. The first-order valence-electron chi connectivity index (χ1n) is 4.75. The molecule has 4 heteroatoms. The quantitative estimate of drug-likeness (QED) is 0.394. The van der Waals surface area contributed by atoms with Gasteiger partial charge in [-0.3, -0.25) is 4.79 Å². The van der Waals surface area contributed by atoms with Gasteiger partial charge in [0.25, 0.3) is 0 Å². The largest absolute Gasteiger partial charge is 0.462 e. The standard InChI is InChI=1S/C11H16O4/c1-4-10(11(13)14-5-2)7-6-8-15-9(3)12/h4,6-7H,5,8H2,1-3H3/b7-6-,10-4-. The maximum atomic E-state index is 11.3. The van der Waals surface area contributed by atoms with E-state index in [0.29, 0.717) is 12.2 Å². The van der Waals surface area contributed by atoms with Gasteiger partial charge in [0, 0.05) is 6.92 Å². The van der Waals surface area contributed by atoms with Gasteiger partial charge in [-0.1, -0.05) is 6.08 Å². The van der Waals surface area contributed by atoms with E-state index < -0.39 is 0 Å². The molecular weight excluding hydrogens is 196 g/mol. The van der Waals surface area contributed by atoms with Gasteiger partial charge in [0.15, 0.2) is 0 Å². The van der Waals surface area contributed by atoms with Gasteiger partial charge in [-0.15, -0.1) is 0 Å². The van der Waals surface area contributed by atoms with Crippen molar-refractivity contribution in [2.24, 2.45) is 0 Å². The zero-order chi connectivity index (χ0) is 11.7. The Kier molecular flexibility index (Phi) is 6.97. The molecule has 0 atom stereocenters. The van der Waals surface area contributed by atoms with Gasteiger partial charge in [-0.05, 0) is 26.0 Å². The van der Waals surface area contributed by atoms with Crippen molar-refractivity contribution in [2.45, 2.75) is 20.8 Å². The molecule has 0 aromatic heterocycles. The fourth-order valence-corrected chi connectivity index (χ4v) is 0.837. The first-order chi connectivity index (χ1) is 7.11. The van der Waals surface area contributed by atoms with Crippen LogP contribution in [0.2, 0.25) is 0 Å². The molecule has 0 heterocycles. The highest BCUT2D eigenvalue weighted by Crippen LogP contribution is 2.00. The van der Waals surface area contributed by atoms with E-state index in [9.17, 15) is 9.59 Å². The second kappa shape index (κ2) is 7.79. The predicted octanol–water partition coefficient (Wildman–Crippen LogP) is 1.62. The van der Waals surface area contributed by atoms with E-state index in [1.807, 2.05) is 0 Å². The fourth-order valence-electron chi connectivity index (χ4n) is 0.837. The lowest BCUT2D eigenvalue weighted by Gasteiger charge is -2.01.